The molecule has 0 amide bonds. The SMILES string of the molecule is Clc1ncccc1CN1CCN(CC2CC2)CC1. The maximum atomic E-state index is 6.10. The van der Waals surface area contributed by atoms with Gasteiger partial charge < -0.3 is 4.90 Å². The summed E-state index contributed by atoms with van der Waals surface area (Å²) in [4.78, 5) is 9.22. The average molecular weight is 266 g/mol. The van der Waals surface area contributed by atoms with Gasteiger partial charge >= 0.3 is 0 Å². The lowest BCUT2D eigenvalue weighted by molar-refractivity contribution is 0.123. The third-order valence-electron chi connectivity index (χ3n) is 3.91. The Morgan fingerprint density at radius 3 is 2.56 bits per heavy atom. The third-order valence-corrected chi connectivity index (χ3v) is 4.25. The van der Waals surface area contributed by atoms with Crippen molar-refractivity contribution in [3.8, 4) is 0 Å². The highest BCUT2D eigenvalue weighted by Crippen LogP contribution is 2.30. The molecule has 1 aliphatic heterocycles. The van der Waals surface area contributed by atoms with E-state index in [0.29, 0.717) is 5.15 Å². The van der Waals surface area contributed by atoms with E-state index in [1.165, 1.54) is 32.5 Å². The Balaban J connectivity index is 1.49. The molecule has 18 heavy (non-hydrogen) atoms. The van der Waals surface area contributed by atoms with Crippen LogP contribution < -0.4 is 0 Å². The number of hydrogen-bond donors (Lipinski definition) is 0. The average Bonchev–Trinajstić information content (AvgIpc) is 3.19. The summed E-state index contributed by atoms with van der Waals surface area (Å²) in [6.45, 7) is 6.96. The molecule has 1 aliphatic carbocycles. The highest BCUT2D eigenvalue weighted by Gasteiger charge is 2.26. The molecule has 2 fully saturated rings. The van der Waals surface area contributed by atoms with Crippen molar-refractivity contribution in [2.45, 2.75) is 19.4 Å². The molecule has 3 rings (SSSR count). The first-order valence-electron chi connectivity index (χ1n) is 6.85. The van der Waals surface area contributed by atoms with Crippen molar-refractivity contribution >= 4 is 11.6 Å². The smallest absolute Gasteiger partial charge is 0.133 e. The van der Waals surface area contributed by atoms with Gasteiger partial charge in [0, 0.05) is 51.0 Å². The molecule has 1 aromatic heterocycles. The van der Waals surface area contributed by atoms with Gasteiger partial charge in [0.1, 0.15) is 5.15 Å². The van der Waals surface area contributed by atoms with Gasteiger partial charge in [-0.1, -0.05) is 17.7 Å². The van der Waals surface area contributed by atoms with Crippen LogP contribution >= 0.6 is 11.6 Å². The number of halogens is 1. The van der Waals surface area contributed by atoms with Gasteiger partial charge in [-0.15, -0.1) is 0 Å². The van der Waals surface area contributed by atoms with E-state index in [9.17, 15) is 0 Å². The Hall–Kier alpha value is -0.640. The molecule has 1 saturated heterocycles. The summed E-state index contributed by atoms with van der Waals surface area (Å²) in [5.41, 5.74) is 1.15. The van der Waals surface area contributed by atoms with Crippen molar-refractivity contribution in [1.29, 1.82) is 0 Å². The molecule has 2 heterocycles. The monoisotopic (exact) mass is 265 g/mol. The van der Waals surface area contributed by atoms with Crippen molar-refractivity contribution < 1.29 is 0 Å². The van der Waals surface area contributed by atoms with Gasteiger partial charge in [-0.2, -0.15) is 0 Å². The minimum atomic E-state index is 0.651. The Morgan fingerprint density at radius 2 is 1.89 bits per heavy atom. The molecule has 1 aromatic rings. The summed E-state index contributed by atoms with van der Waals surface area (Å²) >= 11 is 6.10. The largest absolute Gasteiger partial charge is 0.301 e. The summed E-state index contributed by atoms with van der Waals surface area (Å²) in [6, 6.07) is 4.04. The predicted molar refractivity (Wildman–Crippen MR) is 73.7 cm³/mol. The maximum Gasteiger partial charge on any atom is 0.133 e. The van der Waals surface area contributed by atoms with E-state index in [4.69, 9.17) is 11.6 Å². The Bertz CT molecular complexity index is 398. The zero-order valence-electron chi connectivity index (χ0n) is 10.7. The van der Waals surface area contributed by atoms with Crippen molar-refractivity contribution in [1.82, 2.24) is 14.8 Å². The predicted octanol–water partition coefficient (Wildman–Crippen LogP) is 2.26. The summed E-state index contributed by atoms with van der Waals surface area (Å²) < 4.78 is 0. The number of nitrogens with zero attached hydrogens (tertiary/aromatic N) is 3. The van der Waals surface area contributed by atoms with Crippen LogP contribution in [0.1, 0.15) is 18.4 Å². The molecule has 3 nitrogen and oxygen atoms in total. The molecule has 0 bridgehead atoms. The second-order valence-corrected chi connectivity index (χ2v) is 5.83. The van der Waals surface area contributed by atoms with Gasteiger partial charge in [-0.3, -0.25) is 4.90 Å². The topological polar surface area (TPSA) is 19.4 Å². The third kappa shape index (κ3) is 3.22. The fraction of sp³-hybridized carbons (Fsp3) is 0.643. The maximum absolute atomic E-state index is 6.10. The van der Waals surface area contributed by atoms with E-state index >= 15 is 0 Å². The fourth-order valence-electron chi connectivity index (χ4n) is 2.57. The molecule has 4 heteroatoms. The van der Waals surface area contributed by atoms with Gasteiger partial charge in [-0.25, -0.2) is 4.98 Å². The van der Waals surface area contributed by atoms with E-state index in [-0.39, 0.29) is 0 Å². The number of pyridine rings is 1. The molecule has 0 atom stereocenters. The number of piperazine rings is 1. The lowest BCUT2D eigenvalue weighted by atomic mass is 10.2. The summed E-state index contributed by atoms with van der Waals surface area (Å²) in [5, 5.41) is 0.651. The van der Waals surface area contributed by atoms with Crippen LogP contribution in [0, 0.1) is 5.92 Å². The Kier molecular flexibility index (Phi) is 3.83. The lowest BCUT2D eigenvalue weighted by Gasteiger charge is -2.34. The highest BCUT2D eigenvalue weighted by atomic mass is 35.5. The molecule has 0 aromatic carbocycles. The van der Waals surface area contributed by atoms with Crippen LogP contribution in [-0.2, 0) is 6.54 Å². The Morgan fingerprint density at radius 1 is 1.17 bits per heavy atom. The molecule has 98 valence electrons. The second-order valence-electron chi connectivity index (χ2n) is 5.47. The molecule has 0 unspecified atom stereocenters. The van der Waals surface area contributed by atoms with Crippen LogP contribution in [0.15, 0.2) is 18.3 Å². The van der Waals surface area contributed by atoms with Crippen LogP contribution in [0.4, 0.5) is 0 Å². The normalized spacial score (nSPS) is 22.3. The van der Waals surface area contributed by atoms with E-state index in [1.807, 2.05) is 6.07 Å². The van der Waals surface area contributed by atoms with Crippen LogP contribution in [-0.4, -0.2) is 47.5 Å². The van der Waals surface area contributed by atoms with Crippen LogP contribution in [0.3, 0.4) is 0 Å². The van der Waals surface area contributed by atoms with Gasteiger partial charge in [-0.05, 0) is 24.8 Å². The van der Waals surface area contributed by atoms with E-state index < -0.39 is 0 Å². The van der Waals surface area contributed by atoms with Gasteiger partial charge in [0.2, 0.25) is 0 Å². The van der Waals surface area contributed by atoms with E-state index in [2.05, 4.69) is 20.9 Å². The molecule has 2 aliphatic rings. The zero-order valence-corrected chi connectivity index (χ0v) is 11.4. The number of hydrogen-bond acceptors (Lipinski definition) is 3. The molecule has 0 spiro atoms. The van der Waals surface area contributed by atoms with Crippen molar-refractivity contribution in [3.05, 3.63) is 29.0 Å². The quantitative estimate of drug-likeness (QED) is 0.779. The Labute approximate surface area is 114 Å². The first-order valence-corrected chi connectivity index (χ1v) is 7.23. The highest BCUT2D eigenvalue weighted by molar-refractivity contribution is 6.30. The number of rotatable bonds is 4. The fourth-order valence-corrected chi connectivity index (χ4v) is 2.75. The lowest BCUT2D eigenvalue weighted by Crippen LogP contribution is -2.46. The summed E-state index contributed by atoms with van der Waals surface area (Å²) in [7, 11) is 0. The van der Waals surface area contributed by atoms with Gasteiger partial charge in [0.05, 0.1) is 0 Å². The second kappa shape index (κ2) is 5.55. The molecular formula is C14H20ClN3. The standard InChI is InChI=1S/C14H20ClN3/c15-14-13(2-1-5-16-14)11-18-8-6-17(7-9-18)10-12-3-4-12/h1-2,5,12H,3-4,6-11H2. The minimum Gasteiger partial charge on any atom is -0.301 e. The van der Waals surface area contributed by atoms with E-state index in [0.717, 1.165) is 31.1 Å². The first-order chi connectivity index (χ1) is 8.81. The van der Waals surface area contributed by atoms with Gasteiger partial charge in [0.25, 0.3) is 0 Å². The van der Waals surface area contributed by atoms with Crippen molar-refractivity contribution in [2.75, 3.05) is 32.7 Å². The van der Waals surface area contributed by atoms with Gasteiger partial charge in [0.15, 0.2) is 0 Å². The van der Waals surface area contributed by atoms with Crippen LogP contribution in [0.25, 0.3) is 0 Å². The minimum absolute atomic E-state index is 0.651. The summed E-state index contributed by atoms with van der Waals surface area (Å²) in [6.07, 6.45) is 4.65. The zero-order chi connectivity index (χ0) is 12.4. The van der Waals surface area contributed by atoms with Crippen molar-refractivity contribution in [3.63, 3.8) is 0 Å². The number of aromatic nitrogens is 1. The summed E-state index contributed by atoms with van der Waals surface area (Å²) in [5.74, 6) is 1.00. The molecule has 0 radical (unpaired) electrons. The molecule has 1 saturated carbocycles. The molecular weight excluding hydrogens is 246 g/mol. The molecule has 0 N–H and O–H groups in total. The van der Waals surface area contributed by atoms with E-state index in [1.54, 1.807) is 6.20 Å². The van der Waals surface area contributed by atoms with Crippen molar-refractivity contribution in [2.24, 2.45) is 5.92 Å². The van der Waals surface area contributed by atoms with Crippen LogP contribution in [0.5, 0.6) is 0 Å². The first kappa shape index (κ1) is 12.4. The van der Waals surface area contributed by atoms with Crippen LogP contribution in [0.2, 0.25) is 5.15 Å².